The van der Waals surface area contributed by atoms with Crippen molar-refractivity contribution in [3.8, 4) is 10.8 Å². The van der Waals surface area contributed by atoms with Gasteiger partial charge in [-0.05, 0) is 55.7 Å². The number of amides is 1. The number of benzene rings is 1. The van der Waals surface area contributed by atoms with E-state index in [1.54, 1.807) is 12.1 Å². The molecule has 8 heteroatoms. The van der Waals surface area contributed by atoms with Crippen LogP contribution in [0.3, 0.4) is 0 Å². The number of alkyl halides is 3. The summed E-state index contributed by atoms with van der Waals surface area (Å²) in [6, 6.07) is 8.81. The minimum Gasteiger partial charge on any atom is -0.447 e. The van der Waals surface area contributed by atoms with Crippen LogP contribution in [0.2, 0.25) is 0 Å². The number of carbonyl (C=O) groups excluding carboxylic acids is 1. The molecular weight excluding hydrogens is 365 g/mol. The number of carbonyl (C=O) groups is 1. The molecule has 138 valence electrons. The lowest BCUT2D eigenvalue weighted by atomic mass is 9.95. The first-order valence-corrected chi connectivity index (χ1v) is 9.22. The van der Waals surface area contributed by atoms with Crippen molar-refractivity contribution in [2.75, 3.05) is 0 Å². The zero-order valence-electron chi connectivity index (χ0n) is 13.7. The average Bonchev–Trinajstić information content (AvgIpc) is 3.31. The SMILES string of the molecule is O=C(NC1CC2CCC1N2)c1ccc(Oc2ccc(C(F)(F)F)cc2)s1. The van der Waals surface area contributed by atoms with Crippen molar-refractivity contribution in [1.82, 2.24) is 10.6 Å². The molecule has 3 heterocycles. The summed E-state index contributed by atoms with van der Waals surface area (Å²) in [7, 11) is 0. The first-order chi connectivity index (χ1) is 12.4. The van der Waals surface area contributed by atoms with E-state index >= 15 is 0 Å². The predicted octanol–water partition coefficient (Wildman–Crippen LogP) is 4.18. The van der Waals surface area contributed by atoms with Gasteiger partial charge in [0, 0.05) is 18.1 Å². The summed E-state index contributed by atoms with van der Waals surface area (Å²) in [5.41, 5.74) is -0.726. The van der Waals surface area contributed by atoms with Crippen LogP contribution >= 0.6 is 11.3 Å². The molecular formula is C18H17F3N2O2S. The van der Waals surface area contributed by atoms with Gasteiger partial charge in [-0.3, -0.25) is 4.79 Å². The zero-order valence-corrected chi connectivity index (χ0v) is 14.5. The molecule has 3 unspecified atom stereocenters. The Balaban J connectivity index is 1.37. The first-order valence-electron chi connectivity index (χ1n) is 8.40. The lowest BCUT2D eigenvalue weighted by Crippen LogP contribution is -2.42. The molecule has 2 bridgehead atoms. The normalized spacial score (nSPS) is 24.7. The molecule has 0 aliphatic carbocycles. The molecule has 3 atom stereocenters. The van der Waals surface area contributed by atoms with Gasteiger partial charge in [0.2, 0.25) is 0 Å². The van der Waals surface area contributed by atoms with Crippen LogP contribution in [0.25, 0.3) is 0 Å². The Morgan fingerprint density at radius 3 is 2.54 bits per heavy atom. The van der Waals surface area contributed by atoms with Gasteiger partial charge in [0.05, 0.1) is 10.4 Å². The van der Waals surface area contributed by atoms with E-state index in [0.717, 1.165) is 25.0 Å². The summed E-state index contributed by atoms with van der Waals surface area (Å²) in [5, 5.41) is 6.99. The van der Waals surface area contributed by atoms with Crippen molar-refractivity contribution in [1.29, 1.82) is 0 Å². The third kappa shape index (κ3) is 3.57. The summed E-state index contributed by atoms with van der Waals surface area (Å²) in [5.74, 6) is 0.153. The standard InChI is InChI=1S/C18H17F3N2O2S/c19-18(20,21)10-1-4-12(5-2-10)25-16-8-7-15(26-16)17(24)23-14-9-11-3-6-13(14)22-11/h1-2,4-5,7-8,11,13-14,22H,3,6,9H2,(H,23,24). The van der Waals surface area contributed by atoms with Crippen molar-refractivity contribution in [3.63, 3.8) is 0 Å². The molecule has 4 nitrogen and oxygen atoms in total. The van der Waals surface area contributed by atoms with Crippen molar-refractivity contribution in [2.45, 2.75) is 43.6 Å². The highest BCUT2D eigenvalue weighted by atomic mass is 32.1. The fraction of sp³-hybridized carbons (Fsp3) is 0.389. The van der Waals surface area contributed by atoms with E-state index < -0.39 is 11.7 Å². The van der Waals surface area contributed by atoms with E-state index in [-0.39, 0.29) is 11.9 Å². The largest absolute Gasteiger partial charge is 0.447 e. The summed E-state index contributed by atoms with van der Waals surface area (Å²) in [6.07, 6.45) is -1.17. The van der Waals surface area contributed by atoms with Crippen LogP contribution in [0.4, 0.5) is 13.2 Å². The third-order valence-electron chi connectivity index (χ3n) is 4.82. The maximum absolute atomic E-state index is 12.6. The van der Waals surface area contributed by atoms with E-state index in [9.17, 15) is 18.0 Å². The molecule has 26 heavy (non-hydrogen) atoms. The van der Waals surface area contributed by atoms with Gasteiger partial charge >= 0.3 is 6.18 Å². The van der Waals surface area contributed by atoms with Crippen LogP contribution in [0, 0.1) is 0 Å². The summed E-state index contributed by atoms with van der Waals surface area (Å²) < 4.78 is 43.3. The fourth-order valence-corrected chi connectivity index (χ4v) is 4.33. The topological polar surface area (TPSA) is 50.4 Å². The molecule has 1 amide bonds. The van der Waals surface area contributed by atoms with Gasteiger partial charge in [0.15, 0.2) is 5.06 Å². The number of hydrogen-bond acceptors (Lipinski definition) is 4. The van der Waals surface area contributed by atoms with Crippen LogP contribution in [-0.2, 0) is 6.18 Å². The first kappa shape index (κ1) is 17.4. The summed E-state index contributed by atoms with van der Waals surface area (Å²) in [6.45, 7) is 0. The Kier molecular flexibility index (Phi) is 4.40. The molecule has 0 radical (unpaired) electrons. The van der Waals surface area contributed by atoms with E-state index in [4.69, 9.17) is 4.74 Å². The number of halogens is 3. The van der Waals surface area contributed by atoms with Gasteiger partial charge < -0.3 is 15.4 Å². The summed E-state index contributed by atoms with van der Waals surface area (Å²) in [4.78, 5) is 12.9. The predicted molar refractivity (Wildman–Crippen MR) is 91.7 cm³/mol. The number of nitrogens with one attached hydrogen (secondary N) is 2. The number of rotatable bonds is 4. The maximum Gasteiger partial charge on any atom is 0.416 e. The number of thiophene rings is 1. The lowest BCUT2D eigenvalue weighted by molar-refractivity contribution is -0.137. The van der Waals surface area contributed by atoms with Gasteiger partial charge in [0.1, 0.15) is 5.75 Å². The Bertz CT molecular complexity index is 804. The van der Waals surface area contributed by atoms with Crippen molar-refractivity contribution < 1.29 is 22.7 Å². The van der Waals surface area contributed by atoms with Gasteiger partial charge in [-0.15, -0.1) is 0 Å². The lowest BCUT2D eigenvalue weighted by Gasteiger charge is -2.20. The number of hydrogen-bond donors (Lipinski definition) is 2. The molecule has 2 aliphatic heterocycles. The monoisotopic (exact) mass is 382 g/mol. The second kappa shape index (κ2) is 6.59. The Morgan fingerprint density at radius 1 is 1.15 bits per heavy atom. The minimum absolute atomic E-state index is 0.142. The molecule has 2 aromatic rings. The Labute approximate surface area is 152 Å². The molecule has 4 rings (SSSR count). The molecule has 2 aliphatic rings. The van der Waals surface area contributed by atoms with Crippen LogP contribution in [0.5, 0.6) is 10.8 Å². The van der Waals surface area contributed by atoms with Crippen LogP contribution in [-0.4, -0.2) is 24.0 Å². The molecule has 1 aromatic carbocycles. The van der Waals surface area contributed by atoms with Crippen LogP contribution in [0.15, 0.2) is 36.4 Å². The molecule has 1 aromatic heterocycles. The molecule has 2 fully saturated rings. The smallest absolute Gasteiger partial charge is 0.416 e. The maximum atomic E-state index is 12.6. The van der Waals surface area contributed by atoms with E-state index in [0.29, 0.717) is 27.8 Å². The summed E-state index contributed by atoms with van der Waals surface area (Å²) >= 11 is 1.17. The van der Waals surface area contributed by atoms with Crippen molar-refractivity contribution in [2.24, 2.45) is 0 Å². The van der Waals surface area contributed by atoms with Gasteiger partial charge in [-0.2, -0.15) is 13.2 Å². The Morgan fingerprint density at radius 2 is 1.92 bits per heavy atom. The van der Waals surface area contributed by atoms with Crippen molar-refractivity contribution >= 4 is 17.2 Å². The van der Waals surface area contributed by atoms with Gasteiger partial charge in [0.25, 0.3) is 5.91 Å². The van der Waals surface area contributed by atoms with Crippen LogP contribution < -0.4 is 15.4 Å². The highest BCUT2D eigenvalue weighted by Gasteiger charge is 2.39. The highest BCUT2D eigenvalue weighted by molar-refractivity contribution is 7.15. The van der Waals surface area contributed by atoms with Crippen molar-refractivity contribution in [3.05, 3.63) is 46.8 Å². The highest BCUT2D eigenvalue weighted by Crippen LogP contribution is 2.34. The molecule has 0 spiro atoms. The van der Waals surface area contributed by atoms with E-state index in [2.05, 4.69) is 10.6 Å². The molecule has 2 saturated heterocycles. The zero-order chi connectivity index (χ0) is 18.3. The Hall–Kier alpha value is -2.06. The van der Waals surface area contributed by atoms with E-state index in [1.165, 1.54) is 29.9 Å². The molecule has 2 N–H and O–H groups in total. The number of ether oxygens (including phenoxy) is 1. The van der Waals surface area contributed by atoms with Crippen LogP contribution in [0.1, 0.15) is 34.5 Å². The van der Waals surface area contributed by atoms with Gasteiger partial charge in [-0.25, -0.2) is 0 Å². The van der Waals surface area contributed by atoms with Gasteiger partial charge in [-0.1, -0.05) is 11.3 Å². The third-order valence-corrected chi connectivity index (χ3v) is 5.78. The second-order valence-electron chi connectivity index (χ2n) is 6.61. The second-order valence-corrected chi connectivity index (χ2v) is 7.65. The molecule has 0 saturated carbocycles. The minimum atomic E-state index is -4.37. The average molecular weight is 382 g/mol. The number of fused-ring (bicyclic) bond motifs is 2. The van der Waals surface area contributed by atoms with E-state index in [1.807, 2.05) is 0 Å². The fourth-order valence-electron chi connectivity index (χ4n) is 3.55. The quantitative estimate of drug-likeness (QED) is 0.834.